The summed E-state index contributed by atoms with van der Waals surface area (Å²) in [5.74, 6) is 0.0299. The molecule has 0 spiro atoms. The molecule has 3 nitrogen and oxygen atoms in total. The second-order valence-corrected chi connectivity index (χ2v) is 5.99. The third-order valence-electron chi connectivity index (χ3n) is 4.25. The van der Waals surface area contributed by atoms with E-state index in [9.17, 15) is 4.39 Å². The maximum Gasteiger partial charge on any atom is 0.169 e. The SMILES string of the molecule is CCC(Nc1c(N)cc(N)c(Cl)c1F)C1CCCCC1. The van der Waals surface area contributed by atoms with Gasteiger partial charge in [0.05, 0.1) is 17.1 Å². The zero-order valence-electron chi connectivity index (χ0n) is 11.9. The maximum absolute atomic E-state index is 14.2. The molecule has 1 aromatic carbocycles. The smallest absolute Gasteiger partial charge is 0.169 e. The van der Waals surface area contributed by atoms with Crippen molar-refractivity contribution in [2.45, 2.75) is 51.5 Å². The highest BCUT2D eigenvalue weighted by molar-refractivity contribution is 6.33. The van der Waals surface area contributed by atoms with Crippen molar-refractivity contribution >= 4 is 28.7 Å². The van der Waals surface area contributed by atoms with Crippen LogP contribution in [0, 0.1) is 11.7 Å². The van der Waals surface area contributed by atoms with Crippen LogP contribution in [0.3, 0.4) is 0 Å². The van der Waals surface area contributed by atoms with Gasteiger partial charge >= 0.3 is 0 Å². The Hall–Kier alpha value is -1.16. The summed E-state index contributed by atoms with van der Waals surface area (Å²) in [5, 5.41) is 3.21. The lowest BCUT2D eigenvalue weighted by Crippen LogP contribution is -2.30. The molecule has 1 aliphatic rings. The molecule has 0 saturated heterocycles. The summed E-state index contributed by atoms with van der Waals surface area (Å²) in [6, 6.07) is 1.74. The molecule has 0 radical (unpaired) electrons. The Bertz CT molecular complexity index is 473. The molecule has 5 N–H and O–H groups in total. The molecule has 1 unspecified atom stereocenters. The standard InChI is InChI=1S/C15H23ClFN3/c1-2-12(9-6-4-3-5-7-9)20-15-11(19)8-10(18)13(16)14(15)17/h8-9,12,20H,2-7,18-19H2,1H3. The Labute approximate surface area is 124 Å². The molecular weight excluding hydrogens is 277 g/mol. The molecule has 0 bridgehead atoms. The third kappa shape index (κ3) is 3.11. The van der Waals surface area contributed by atoms with Gasteiger partial charge in [-0.3, -0.25) is 0 Å². The molecule has 1 saturated carbocycles. The largest absolute Gasteiger partial charge is 0.397 e. The molecule has 1 aromatic rings. The lowest BCUT2D eigenvalue weighted by Gasteiger charge is -2.31. The van der Waals surface area contributed by atoms with E-state index in [1.54, 1.807) is 0 Å². The minimum absolute atomic E-state index is 0.0554. The number of hydrogen-bond donors (Lipinski definition) is 3. The van der Waals surface area contributed by atoms with Crippen LogP contribution in [-0.2, 0) is 0 Å². The number of halogens is 2. The molecule has 112 valence electrons. The number of nitrogens with one attached hydrogen (secondary N) is 1. The van der Waals surface area contributed by atoms with E-state index in [1.807, 2.05) is 0 Å². The summed E-state index contributed by atoms with van der Waals surface area (Å²) in [6.45, 7) is 2.11. The van der Waals surface area contributed by atoms with E-state index < -0.39 is 5.82 Å². The second kappa shape index (κ2) is 6.53. The highest BCUT2D eigenvalue weighted by atomic mass is 35.5. The van der Waals surface area contributed by atoms with Gasteiger partial charge in [-0.05, 0) is 31.2 Å². The van der Waals surface area contributed by atoms with Gasteiger partial charge in [-0.1, -0.05) is 37.8 Å². The Kier molecular flexibility index (Phi) is 4.97. The van der Waals surface area contributed by atoms with Crippen LogP contribution in [0.4, 0.5) is 21.5 Å². The van der Waals surface area contributed by atoms with Crippen LogP contribution in [0.1, 0.15) is 45.4 Å². The number of nitrogen functional groups attached to an aromatic ring is 2. The van der Waals surface area contributed by atoms with Crippen molar-refractivity contribution in [1.29, 1.82) is 0 Å². The van der Waals surface area contributed by atoms with E-state index in [0.29, 0.717) is 17.3 Å². The quantitative estimate of drug-likeness (QED) is 0.721. The molecule has 0 aromatic heterocycles. The Balaban J connectivity index is 2.21. The van der Waals surface area contributed by atoms with Gasteiger partial charge in [0, 0.05) is 6.04 Å². The summed E-state index contributed by atoms with van der Waals surface area (Å²) < 4.78 is 14.2. The van der Waals surface area contributed by atoms with Crippen molar-refractivity contribution in [3.63, 3.8) is 0 Å². The number of anilines is 3. The minimum Gasteiger partial charge on any atom is -0.397 e. The average molecular weight is 300 g/mol. The van der Waals surface area contributed by atoms with Gasteiger partial charge in [0.2, 0.25) is 0 Å². The number of benzene rings is 1. The molecule has 20 heavy (non-hydrogen) atoms. The van der Waals surface area contributed by atoms with Gasteiger partial charge in [0.15, 0.2) is 5.82 Å². The summed E-state index contributed by atoms with van der Waals surface area (Å²) in [4.78, 5) is 0. The van der Waals surface area contributed by atoms with Crippen LogP contribution in [0.2, 0.25) is 5.02 Å². The zero-order chi connectivity index (χ0) is 14.7. The van der Waals surface area contributed by atoms with E-state index in [1.165, 1.54) is 38.2 Å². The van der Waals surface area contributed by atoms with E-state index in [4.69, 9.17) is 23.1 Å². The molecule has 1 atom stereocenters. The minimum atomic E-state index is -0.543. The monoisotopic (exact) mass is 299 g/mol. The molecule has 0 amide bonds. The first-order valence-corrected chi connectivity index (χ1v) is 7.71. The molecular formula is C15H23ClFN3. The summed E-state index contributed by atoms with van der Waals surface area (Å²) in [5.41, 5.74) is 12.3. The van der Waals surface area contributed by atoms with Crippen molar-refractivity contribution in [3.05, 3.63) is 16.9 Å². The second-order valence-electron chi connectivity index (χ2n) is 5.62. The van der Waals surface area contributed by atoms with Crippen LogP contribution in [-0.4, -0.2) is 6.04 Å². The lowest BCUT2D eigenvalue weighted by atomic mass is 9.83. The van der Waals surface area contributed by atoms with Crippen molar-refractivity contribution in [1.82, 2.24) is 0 Å². The van der Waals surface area contributed by atoms with E-state index in [2.05, 4.69) is 12.2 Å². The van der Waals surface area contributed by atoms with Crippen LogP contribution >= 0.6 is 11.6 Å². The molecule has 1 fully saturated rings. The average Bonchev–Trinajstić information content (AvgIpc) is 2.46. The fourth-order valence-electron chi connectivity index (χ4n) is 3.09. The van der Waals surface area contributed by atoms with Gasteiger partial charge in [0.1, 0.15) is 5.02 Å². The first-order valence-electron chi connectivity index (χ1n) is 7.34. The van der Waals surface area contributed by atoms with Gasteiger partial charge < -0.3 is 16.8 Å². The predicted octanol–water partition coefficient (Wildman–Crippen LogP) is 4.41. The first kappa shape index (κ1) is 15.2. The molecule has 2 rings (SSSR count). The van der Waals surface area contributed by atoms with Crippen LogP contribution < -0.4 is 16.8 Å². The van der Waals surface area contributed by atoms with Crippen molar-refractivity contribution in [2.24, 2.45) is 5.92 Å². The van der Waals surface area contributed by atoms with Gasteiger partial charge in [-0.2, -0.15) is 0 Å². The van der Waals surface area contributed by atoms with Gasteiger partial charge in [-0.25, -0.2) is 4.39 Å². The Morgan fingerprint density at radius 3 is 2.55 bits per heavy atom. The zero-order valence-corrected chi connectivity index (χ0v) is 12.6. The maximum atomic E-state index is 14.2. The molecule has 0 aliphatic heterocycles. The van der Waals surface area contributed by atoms with Crippen LogP contribution in [0.25, 0.3) is 0 Å². The van der Waals surface area contributed by atoms with Crippen molar-refractivity contribution in [3.8, 4) is 0 Å². The normalized spacial score (nSPS) is 17.9. The molecule has 0 heterocycles. The fourth-order valence-corrected chi connectivity index (χ4v) is 3.24. The third-order valence-corrected chi connectivity index (χ3v) is 4.64. The summed E-state index contributed by atoms with van der Waals surface area (Å²) >= 11 is 5.87. The summed E-state index contributed by atoms with van der Waals surface area (Å²) in [7, 11) is 0. The predicted molar refractivity (Wildman–Crippen MR) is 84.5 cm³/mol. The van der Waals surface area contributed by atoms with Gasteiger partial charge in [-0.15, -0.1) is 0 Å². The fraction of sp³-hybridized carbons (Fsp3) is 0.600. The number of hydrogen-bond acceptors (Lipinski definition) is 3. The number of rotatable bonds is 4. The Morgan fingerprint density at radius 1 is 1.30 bits per heavy atom. The topological polar surface area (TPSA) is 64.1 Å². The Morgan fingerprint density at radius 2 is 1.95 bits per heavy atom. The first-order chi connectivity index (χ1) is 9.54. The van der Waals surface area contributed by atoms with Gasteiger partial charge in [0.25, 0.3) is 0 Å². The summed E-state index contributed by atoms with van der Waals surface area (Å²) in [6.07, 6.45) is 7.13. The molecule has 1 aliphatic carbocycles. The van der Waals surface area contributed by atoms with Crippen LogP contribution in [0.15, 0.2) is 6.07 Å². The highest BCUT2D eigenvalue weighted by Gasteiger charge is 2.24. The van der Waals surface area contributed by atoms with Crippen molar-refractivity contribution < 1.29 is 4.39 Å². The van der Waals surface area contributed by atoms with E-state index >= 15 is 0 Å². The number of nitrogens with two attached hydrogens (primary N) is 2. The van der Waals surface area contributed by atoms with Crippen molar-refractivity contribution in [2.75, 3.05) is 16.8 Å². The van der Waals surface area contributed by atoms with E-state index in [0.717, 1.165) is 6.42 Å². The van der Waals surface area contributed by atoms with Crippen LogP contribution in [0.5, 0.6) is 0 Å². The molecule has 5 heteroatoms. The highest BCUT2D eigenvalue weighted by Crippen LogP contribution is 2.36. The van der Waals surface area contributed by atoms with E-state index in [-0.39, 0.29) is 16.8 Å². The lowest BCUT2D eigenvalue weighted by molar-refractivity contribution is 0.312.